The van der Waals surface area contributed by atoms with E-state index >= 15 is 0 Å². The number of carboxylic acid groups (broad SMARTS) is 1. The van der Waals surface area contributed by atoms with Crippen LogP contribution in [0.25, 0.3) is 0 Å². The summed E-state index contributed by atoms with van der Waals surface area (Å²) in [5.41, 5.74) is 3.80. The Morgan fingerprint density at radius 3 is 2.49 bits per heavy atom. The number of rotatable bonds is 12. The Balaban J connectivity index is 1.58. The molecule has 186 valence electrons. The zero-order valence-corrected chi connectivity index (χ0v) is 20.7. The molecule has 0 bridgehead atoms. The zero-order chi connectivity index (χ0) is 25.4. The highest BCUT2D eigenvalue weighted by atomic mass is 16.6. The van der Waals surface area contributed by atoms with Crippen molar-refractivity contribution in [3.8, 4) is 11.8 Å². The third-order valence-corrected chi connectivity index (χ3v) is 6.29. The van der Waals surface area contributed by atoms with E-state index in [4.69, 9.17) is 14.6 Å². The van der Waals surface area contributed by atoms with E-state index in [0.29, 0.717) is 30.2 Å². The van der Waals surface area contributed by atoms with E-state index in [9.17, 15) is 14.9 Å². The third-order valence-electron chi connectivity index (χ3n) is 6.29. The largest absolute Gasteiger partial charge is 0.488 e. The lowest BCUT2D eigenvalue weighted by Gasteiger charge is -2.31. The van der Waals surface area contributed by atoms with Crippen LogP contribution in [0.4, 0.5) is 0 Å². The van der Waals surface area contributed by atoms with Gasteiger partial charge in [-0.2, -0.15) is 5.26 Å². The molecule has 7 heteroatoms. The number of carbonyl (C=O) groups is 2. The molecule has 35 heavy (non-hydrogen) atoms. The van der Waals surface area contributed by atoms with Crippen molar-refractivity contribution in [3.63, 3.8) is 0 Å². The smallest absolute Gasteiger partial charge is 0.303 e. The fraction of sp³-hybridized carbons (Fsp3) is 0.464. The highest BCUT2D eigenvalue weighted by molar-refractivity contribution is 5.67. The monoisotopic (exact) mass is 478 g/mol. The average Bonchev–Trinajstić information content (AvgIpc) is 3.20. The van der Waals surface area contributed by atoms with Crippen molar-refractivity contribution >= 4 is 11.9 Å². The van der Waals surface area contributed by atoms with Gasteiger partial charge in [0.1, 0.15) is 24.5 Å². The number of hydrogen-bond donors (Lipinski definition) is 2. The molecule has 2 aromatic rings. The molecule has 0 saturated heterocycles. The maximum absolute atomic E-state index is 11.7. The Morgan fingerprint density at radius 2 is 1.89 bits per heavy atom. The minimum Gasteiger partial charge on any atom is -0.488 e. The molecule has 0 aliphatic heterocycles. The predicted octanol–water partition coefficient (Wildman–Crippen LogP) is 4.06. The Morgan fingerprint density at radius 1 is 1.20 bits per heavy atom. The van der Waals surface area contributed by atoms with Gasteiger partial charge < -0.3 is 19.9 Å². The summed E-state index contributed by atoms with van der Waals surface area (Å²) in [4.78, 5) is 22.6. The van der Waals surface area contributed by atoms with Crippen LogP contribution >= 0.6 is 0 Å². The molecule has 0 heterocycles. The minimum absolute atomic E-state index is 0.00745. The molecule has 7 nitrogen and oxygen atoms in total. The van der Waals surface area contributed by atoms with Gasteiger partial charge in [0.2, 0.25) is 0 Å². The molecule has 0 spiro atoms. The molecule has 1 aliphatic rings. The highest BCUT2D eigenvalue weighted by Crippen LogP contribution is 2.32. The predicted molar refractivity (Wildman–Crippen MR) is 132 cm³/mol. The molecule has 0 aromatic heterocycles. The Bertz CT molecular complexity index is 1060. The lowest BCUT2D eigenvalue weighted by atomic mass is 9.88. The fourth-order valence-corrected chi connectivity index (χ4v) is 4.72. The highest BCUT2D eigenvalue weighted by Gasteiger charge is 2.29. The van der Waals surface area contributed by atoms with E-state index in [0.717, 1.165) is 24.8 Å². The van der Waals surface area contributed by atoms with Gasteiger partial charge in [0.25, 0.3) is 0 Å². The van der Waals surface area contributed by atoms with E-state index in [1.54, 1.807) is 18.2 Å². The topological polar surface area (TPSA) is 109 Å². The Kier molecular flexibility index (Phi) is 8.89. The number of ether oxygens (including phenoxy) is 2. The van der Waals surface area contributed by atoms with Crippen molar-refractivity contribution in [2.45, 2.75) is 64.5 Å². The van der Waals surface area contributed by atoms with E-state index < -0.39 is 18.0 Å². The first-order valence-corrected chi connectivity index (χ1v) is 12.0. The number of nitrogens with one attached hydrogen (secondary N) is 1. The molecule has 1 aliphatic carbocycles. The number of nitriles is 1. The first-order chi connectivity index (χ1) is 16.6. The molecule has 2 aromatic carbocycles. The van der Waals surface area contributed by atoms with Crippen LogP contribution in [0.15, 0.2) is 42.5 Å². The van der Waals surface area contributed by atoms with Crippen LogP contribution in [0.1, 0.15) is 55.9 Å². The molecule has 0 fully saturated rings. The lowest BCUT2D eigenvalue weighted by molar-refractivity contribution is -0.147. The molecule has 3 rings (SSSR count). The van der Waals surface area contributed by atoms with Crippen LogP contribution in [-0.2, 0) is 33.6 Å². The van der Waals surface area contributed by atoms with Crippen LogP contribution in [0.3, 0.4) is 0 Å². The normalized spacial score (nSPS) is 14.1. The van der Waals surface area contributed by atoms with Crippen LogP contribution in [-0.4, -0.2) is 41.8 Å². The molecular weight excluding hydrogens is 444 g/mol. The molecule has 0 unspecified atom stereocenters. The van der Waals surface area contributed by atoms with Crippen molar-refractivity contribution in [3.05, 3.63) is 64.7 Å². The summed E-state index contributed by atoms with van der Waals surface area (Å²) in [6.45, 7) is 6.16. The van der Waals surface area contributed by atoms with Crippen LogP contribution in [0, 0.1) is 17.2 Å². The number of benzene rings is 2. The number of esters is 1. The van der Waals surface area contributed by atoms with Crippen molar-refractivity contribution < 1.29 is 24.2 Å². The van der Waals surface area contributed by atoms with Crippen molar-refractivity contribution in [2.75, 3.05) is 13.2 Å². The average molecular weight is 479 g/mol. The number of fused-ring (bicyclic) bond motifs is 1. The molecule has 0 saturated carbocycles. The number of nitrogens with zero attached hydrogens (tertiary/aromatic N) is 1. The summed E-state index contributed by atoms with van der Waals surface area (Å²) in [6.07, 6.45) is 2.93. The first-order valence-electron chi connectivity index (χ1n) is 12.0. The van der Waals surface area contributed by atoms with E-state index in [1.807, 2.05) is 0 Å². The second-order valence-electron chi connectivity index (χ2n) is 9.89. The van der Waals surface area contributed by atoms with Gasteiger partial charge in [-0.05, 0) is 74.3 Å². The number of carboxylic acids is 1. The first kappa shape index (κ1) is 26.2. The molecule has 1 atom stereocenters. The Labute approximate surface area is 207 Å². The van der Waals surface area contributed by atoms with Gasteiger partial charge in [-0.3, -0.25) is 9.59 Å². The summed E-state index contributed by atoms with van der Waals surface area (Å²) < 4.78 is 11.4. The van der Waals surface area contributed by atoms with Crippen molar-refractivity contribution in [2.24, 2.45) is 5.92 Å². The second-order valence-corrected chi connectivity index (χ2v) is 9.89. The zero-order valence-electron chi connectivity index (χ0n) is 20.7. The SMILES string of the molecule is CC(=O)O[C@@H](CNC(C)(C)CC1Cc2ccccc2C1)COc1cc(CCC(=O)O)ccc1C#N. The van der Waals surface area contributed by atoms with Crippen LogP contribution in [0.5, 0.6) is 5.75 Å². The number of hydrogen-bond acceptors (Lipinski definition) is 6. The van der Waals surface area contributed by atoms with E-state index in [2.05, 4.69) is 49.5 Å². The number of carbonyl (C=O) groups excluding carboxylic acids is 1. The van der Waals surface area contributed by atoms with Gasteiger partial charge in [-0.1, -0.05) is 30.3 Å². The fourth-order valence-electron chi connectivity index (χ4n) is 4.72. The van der Waals surface area contributed by atoms with E-state index in [1.165, 1.54) is 18.1 Å². The van der Waals surface area contributed by atoms with Crippen molar-refractivity contribution in [1.29, 1.82) is 5.26 Å². The van der Waals surface area contributed by atoms with Crippen molar-refractivity contribution in [1.82, 2.24) is 5.32 Å². The molecule has 0 radical (unpaired) electrons. The maximum atomic E-state index is 11.7. The summed E-state index contributed by atoms with van der Waals surface area (Å²) in [5, 5.41) is 21.9. The third kappa shape index (κ3) is 8.11. The molecule has 0 amide bonds. The van der Waals surface area contributed by atoms with Gasteiger partial charge in [0.05, 0.1) is 5.56 Å². The van der Waals surface area contributed by atoms with Gasteiger partial charge in [0.15, 0.2) is 0 Å². The summed E-state index contributed by atoms with van der Waals surface area (Å²) in [6, 6.07) is 15.7. The van der Waals surface area contributed by atoms with Gasteiger partial charge in [-0.25, -0.2) is 0 Å². The number of aliphatic carboxylic acids is 1. The summed E-state index contributed by atoms with van der Waals surface area (Å²) >= 11 is 0. The summed E-state index contributed by atoms with van der Waals surface area (Å²) in [5.74, 6) is -0.373. The minimum atomic E-state index is -0.887. The van der Waals surface area contributed by atoms with Gasteiger partial charge >= 0.3 is 11.9 Å². The lowest BCUT2D eigenvalue weighted by Crippen LogP contribution is -2.47. The summed E-state index contributed by atoms with van der Waals surface area (Å²) in [7, 11) is 0. The molecule has 2 N–H and O–H groups in total. The van der Waals surface area contributed by atoms with Gasteiger partial charge in [0, 0.05) is 25.4 Å². The quantitative estimate of drug-likeness (QED) is 0.443. The van der Waals surface area contributed by atoms with Gasteiger partial charge in [-0.15, -0.1) is 0 Å². The second kappa shape index (κ2) is 11.9. The molecular formula is C28H34N2O5. The standard InChI is InChI=1S/C28H34N2O5/c1-19(31)35-25(18-34-26-14-20(9-11-27(32)33)8-10-24(26)16-29)17-30-28(2,3)15-21-12-22-6-4-5-7-23(22)13-21/h4-8,10,14,21,25,30H,9,11-13,15,17-18H2,1-3H3,(H,32,33)/t25-/m0/s1. The Hall–Kier alpha value is -3.37. The van der Waals surface area contributed by atoms with E-state index in [-0.39, 0.29) is 18.6 Å². The van der Waals surface area contributed by atoms with Crippen LogP contribution < -0.4 is 10.1 Å². The van der Waals surface area contributed by atoms with Crippen LogP contribution in [0.2, 0.25) is 0 Å². The number of aryl methyl sites for hydroxylation is 1. The maximum Gasteiger partial charge on any atom is 0.303 e.